The average molecular weight is 361 g/mol. The average Bonchev–Trinajstić information content (AvgIpc) is 3.10. The molecule has 3 rings (SSSR count). The SMILES string of the molecule is Cc1cc(NC(=O)CC(C)c2ccccc2)n(C2CCS(=O)(=O)C2)n1. The number of carbonyl (C=O) groups is 1. The van der Waals surface area contributed by atoms with E-state index >= 15 is 0 Å². The van der Waals surface area contributed by atoms with Crippen LogP contribution in [0.3, 0.4) is 0 Å². The molecule has 0 radical (unpaired) electrons. The topological polar surface area (TPSA) is 81.1 Å². The molecule has 0 spiro atoms. The van der Waals surface area contributed by atoms with Gasteiger partial charge in [-0.1, -0.05) is 37.3 Å². The highest BCUT2D eigenvalue weighted by molar-refractivity contribution is 7.91. The zero-order chi connectivity index (χ0) is 18.0. The molecule has 1 N–H and O–H groups in total. The van der Waals surface area contributed by atoms with Gasteiger partial charge >= 0.3 is 0 Å². The summed E-state index contributed by atoms with van der Waals surface area (Å²) >= 11 is 0. The van der Waals surface area contributed by atoms with Crippen LogP contribution < -0.4 is 5.32 Å². The van der Waals surface area contributed by atoms with E-state index in [0.717, 1.165) is 11.3 Å². The standard InChI is InChI=1S/C18H23N3O3S/c1-13(15-6-4-3-5-7-15)10-18(22)19-17-11-14(2)20-21(17)16-8-9-25(23,24)12-16/h3-7,11,13,16H,8-10,12H2,1-2H3,(H,19,22). The second-order valence-corrected chi connectivity index (χ2v) is 8.97. The van der Waals surface area contributed by atoms with Crippen LogP contribution in [-0.4, -0.2) is 35.6 Å². The molecule has 0 saturated carbocycles. The summed E-state index contributed by atoms with van der Waals surface area (Å²) < 4.78 is 25.1. The minimum absolute atomic E-state index is 0.0808. The molecule has 1 aliphatic rings. The largest absolute Gasteiger partial charge is 0.311 e. The molecule has 1 fully saturated rings. The summed E-state index contributed by atoms with van der Waals surface area (Å²) in [5.74, 6) is 0.834. The molecular weight excluding hydrogens is 338 g/mol. The molecule has 1 aliphatic heterocycles. The number of benzene rings is 1. The number of carbonyl (C=O) groups excluding carboxylic acids is 1. The number of nitrogens with one attached hydrogen (secondary N) is 1. The van der Waals surface area contributed by atoms with E-state index in [1.807, 2.05) is 44.2 Å². The van der Waals surface area contributed by atoms with Crippen LogP contribution in [0.1, 0.15) is 43.0 Å². The van der Waals surface area contributed by atoms with Crippen LogP contribution in [0.2, 0.25) is 0 Å². The van der Waals surface area contributed by atoms with E-state index in [-0.39, 0.29) is 29.4 Å². The lowest BCUT2D eigenvalue weighted by molar-refractivity contribution is -0.116. The Morgan fingerprint density at radius 1 is 1.36 bits per heavy atom. The van der Waals surface area contributed by atoms with E-state index in [9.17, 15) is 13.2 Å². The first kappa shape index (κ1) is 17.7. The van der Waals surface area contributed by atoms with Gasteiger partial charge < -0.3 is 5.32 Å². The van der Waals surface area contributed by atoms with Crippen LogP contribution >= 0.6 is 0 Å². The van der Waals surface area contributed by atoms with E-state index in [2.05, 4.69) is 10.4 Å². The zero-order valence-electron chi connectivity index (χ0n) is 14.5. The van der Waals surface area contributed by atoms with Crippen molar-refractivity contribution in [3.63, 3.8) is 0 Å². The van der Waals surface area contributed by atoms with Crippen molar-refractivity contribution in [2.45, 2.75) is 38.6 Å². The minimum atomic E-state index is -3.01. The van der Waals surface area contributed by atoms with Gasteiger partial charge in [-0.2, -0.15) is 5.10 Å². The zero-order valence-corrected chi connectivity index (χ0v) is 15.3. The third kappa shape index (κ3) is 4.28. The van der Waals surface area contributed by atoms with Gasteiger partial charge in [-0.05, 0) is 24.8 Å². The first-order valence-electron chi connectivity index (χ1n) is 8.45. The smallest absolute Gasteiger partial charge is 0.226 e. The van der Waals surface area contributed by atoms with Crippen molar-refractivity contribution in [1.82, 2.24) is 9.78 Å². The molecule has 25 heavy (non-hydrogen) atoms. The lowest BCUT2D eigenvalue weighted by Gasteiger charge is -2.15. The summed E-state index contributed by atoms with van der Waals surface area (Å²) in [6.45, 7) is 3.85. The van der Waals surface area contributed by atoms with Gasteiger partial charge in [-0.25, -0.2) is 13.1 Å². The number of nitrogens with zero attached hydrogens (tertiary/aromatic N) is 2. The molecule has 6 nitrogen and oxygen atoms in total. The molecule has 1 saturated heterocycles. The predicted molar refractivity (Wildman–Crippen MR) is 97.4 cm³/mol. The Bertz CT molecular complexity index is 859. The summed E-state index contributed by atoms with van der Waals surface area (Å²) in [5.41, 5.74) is 1.87. The molecule has 134 valence electrons. The van der Waals surface area contributed by atoms with E-state index in [1.165, 1.54) is 0 Å². The number of anilines is 1. The van der Waals surface area contributed by atoms with Crippen molar-refractivity contribution in [3.8, 4) is 0 Å². The summed E-state index contributed by atoms with van der Waals surface area (Å²) in [6.07, 6.45) is 0.893. The van der Waals surface area contributed by atoms with Crippen molar-refractivity contribution in [2.24, 2.45) is 0 Å². The van der Waals surface area contributed by atoms with Crippen molar-refractivity contribution in [1.29, 1.82) is 0 Å². The molecule has 1 aromatic carbocycles. The van der Waals surface area contributed by atoms with Gasteiger partial charge in [0.1, 0.15) is 5.82 Å². The Balaban J connectivity index is 1.70. The van der Waals surface area contributed by atoms with Crippen LogP contribution in [0.4, 0.5) is 5.82 Å². The molecule has 2 aromatic rings. The maximum atomic E-state index is 12.4. The Morgan fingerprint density at radius 3 is 2.72 bits per heavy atom. The van der Waals surface area contributed by atoms with Crippen LogP contribution in [0, 0.1) is 6.92 Å². The first-order chi connectivity index (χ1) is 11.8. The fraction of sp³-hybridized carbons (Fsp3) is 0.444. The fourth-order valence-electron chi connectivity index (χ4n) is 3.23. The summed E-state index contributed by atoms with van der Waals surface area (Å²) in [5, 5.41) is 7.29. The highest BCUT2D eigenvalue weighted by Crippen LogP contribution is 2.27. The van der Waals surface area contributed by atoms with Gasteiger partial charge in [0.25, 0.3) is 0 Å². The molecule has 7 heteroatoms. The van der Waals surface area contributed by atoms with Crippen LogP contribution in [0.15, 0.2) is 36.4 Å². The first-order valence-corrected chi connectivity index (χ1v) is 10.3. The van der Waals surface area contributed by atoms with E-state index in [0.29, 0.717) is 18.7 Å². The quantitative estimate of drug-likeness (QED) is 0.888. The number of sulfone groups is 1. The van der Waals surface area contributed by atoms with E-state index < -0.39 is 9.84 Å². The third-order valence-electron chi connectivity index (χ3n) is 4.54. The molecule has 2 unspecified atom stereocenters. The number of aromatic nitrogens is 2. The van der Waals surface area contributed by atoms with Crippen LogP contribution in [0.25, 0.3) is 0 Å². The number of rotatable bonds is 5. The Hall–Kier alpha value is -2.15. The Morgan fingerprint density at radius 2 is 2.08 bits per heavy atom. The summed E-state index contributed by atoms with van der Waals surface area (Å²) in [6, 6.07) is 11.5. The molecule has 0 aliphatic carbocycles. The van der Waals surface area contributed by atoms with Crippen molar-refractivity contribution in [2.75, 3.05) is 16.8 Å². The lowest BCUT2D eigenvalue weighted by Crippen LogP contribution is -2.20. The highest BCUT2D eigenvalue weighted by atomic mass is 32.2. The molecule has 2 heterocycles. The van der Waals surface area contributed by atoms with Gasteiger partial charge in [0, 0.05) is 12.5 Å². The fourth-order valence-corrected chi connectivity index (χ4v) is 4.92. The molecule has 1 amide bonds. The van der Waals surface area contributed by atoms with Crippen LogP contribution in [-0.2, 0) is 14.6 Å². The van der Waals surface area contributed by atoms with Crippen molar-refractivity contribution >= 4 is 21.6 Å². The van der Waals surface area contributed by atoms with Gasteiger partial charge in [-0.15, -0.1) is 0 Å². The molecular formula is C18H23N3O3S. The Labute approximate surface area is 148 Å². The maximum absolute atomic E-state index is 12.4. The molecule has 2 atom stereocenters. The number of hydrogen-bond acceptors (Lipinski definition) is 4. The normalized spacial score (nSPS) is 20.3. The molecule has 0 bridgehead atoms. The van der Waals surface area contributed by atoms with Crippen LogP contribution in [0.5, 0.6) is 0 Å². The van der Waals surface area contributed by atoms with Gasteiger partial charge in [0.05, 0.1) is 23.2 Å². The minimum Gasteiger partial charge on any atom is -0.311 e. The highest BCUT2D eigenvalue weighted by Gasteiger charge is 2.31. The second-order valence-electron chi connectivity index (χ2n) is 6.74. The predicted octanol–water partition coefficient (Wildman–Crippen LogP) is 2.68. The maximum Gasteiger partial charge on any atom is 0.226 e. The van der Waals surface area contributed by atoms with Crippen molar-refractivity contribution < 1.29 is 13.2 Å². The van der Waals surface area contributed by atoms with E-state index in [4.69, 9.17) is 0 Å². The summed E-state index contributed by atoms with van der Waals surface area (Å²) in [7, 11) is -3.01. The molecule has 1 aromatic heterocycles. The van der Waals surface area contributed by atoms with Gasteiger partial charge in [0.15, 0.2) is 9.84 Å². The second kappa shape index (κ2) is 7.00. The van der Waals surface area contributed by atoms with Crippen molar-refractivity contribution in [3.05, 3.63) is 47.7 Å². The van der Waals surface area contributed by atoms with Gasteiger partial charge in [-0.3, -0.25) is 4.79 Å². The summed E-state index contributed by atoms with van der Waals surface area (Å²) in [4.78, 5) is 12.4. The number of aryl methyl sites for hydroxylation is 1. The monoisotopic (exact) mass is 361 g/mol. The van der Waals surface area contributed by atoms with E-state index in [1.54, 1.807) is 10.7 Å². The van der Waals surface area contributed by atoms with Gasteiger partial charge in [0.2, 0.25) is 5.91 Å². The number of amides is 1. The third-order valence-corrected chi connectivity index (χ3v) is 6.29. The number of hydrogen-bond donors (Lipinski definition) is 1. The lowest BCUT2D eigenvalue weighted by atomic mass is 9.98. The Kier molecular flexibility index (Phi) is 4.94.